The number of aliphatic hydroxyl groups excluding tert-OH is 1. The maximum Gasteiger partial charge on any atom is 0.253 e. The van der Waals surface area contributed by atoms with Gasteiger partial charge in [0.2, 0.25) is 0 Å². The van der Waals surface area contributed by atoms with E-state index < -0.39 is 6.10 Å². The van der Waals surface area contributed by atoms with Crippen molar-refractivity contribution in [1.29, 1.82) is 0 Å². The van der Waals surface area contributed by atoms with Crippen LogP contribution in [0.25, 0.3) is 10.2 Å². The van der Waals surface area contributed by atoms with Gasteiger partial charge in [-0.05, 0) is 62.0 Å². The first-order valence-electron chi connectivity index (χ1n) is 11.3. The predicted molar refractivity (Wildman–Crippen MR) is 128 cm³/mol. The highest BCUT2D eigenvalue weighted by Gasteiger charge is 2.28. The van der Waals surface area contributed by atoms with E-state index in [4.69, 9.17) is 4.98 Å². The molecular weight excluding hydrogens is 440 g/mol. The summed E-state index contributed by atoms with van der Waals surface area (Å²) >= 11 is 3.38. The number of carbonyl (C=O) groups excluding carboxylic acids is 1. The van der Waals surface area contributed by atoms with Gasteiger partial charge in [0.1, 0.15) is 5.82 Å². The van der Waals surface area contributed by atoms with Crippen LogP contribution in [0.2, 0.25) is 0 Å². The first kappa shape index (κ1) is 21.8. The van der Waals surface area contributed by atoms with Crippen molar-refractivity contribution in [3.8, 4) is 0 Å². The second-order valence-electron chi connectivity index (χ2n) is 8.98. The summed E-state index contributed by atoms with van der Waals surface area (Å²) in [5, 5.41) is 10.9. The number of aromatic nitrogens is 3. The van der Waals surface area contributed by atoms with Crippen LogP contribution in [0.4, 0.5) is 0 Å². The van der Waals surface area contributed by atoms with Crippen LogP contribution < -0.4 is 0 Å². The standard InChI is InChI=1S/C24H28N4O2S2/c1-31-19-12-25-22(26-13-19)9-15-2-3-16(8-15)10-23-27-20-5-4-17(11-21(20)32-23)24(30)28-7-6-18(29)14-28/h4-5,11-13,15-16,18,29H,2-3,6-10,14H2,1H3/t15-,16-,18+/m0/s1. The molecule has 168 valence electrons. The fraction of sp³-hybridized carbons (Fsp3) is 0.500. The number of aliphatic hydroxyl groups is 1. The summed E-state index contributed by atoms with van der Waals surface area (Å²) in [5.41, 5.74) is 1.66. The molecule has 3 aromatic rings. The number of likely N-dealkylation sites (tertiary alicyclic amines) is 1. The molecule has 0 unspecified atom stereocenters. The van der Waals surface area contributed by atoms with Crippen molar-refractivity contribution < 1.29 is 9.90 Å². The number of hydrogen-bond acceptors (Lipinski definition) is 7. The molecule has 5 rings (SSSR count). The first-order chi connectivity index (χ1) is 15.6. The molecule has 1 aromatic carbocycles. The fourth-order valence-corrected chi connectivity index (χ4v) is 6.35. The quantitative estimate of drug-likeness (QED) is 0.546. The zero-order valence-electron chi connectivity index (χ0n) is 18.2. The molecule has 2 aromatic heterocycles. The van der Waals surface area contributed by atoms with Crippen molar-refractivity contribution in [3.63, 3.8) is 0 Å². The minimum atomic E-state index is -0.394. The number of thioether (sulfide) groups is 1. The Hall–Kier alpha value is -2.03. The molecule has 0 spiro atoms. The summed E-state index contributed by atoms with van der Waals surface area (Å²) in [6.07, 6.45) is 11.8. The van der Waals surface area contributed by atoms with Crippen LogP contribution >= 0.6 is 23.1 Å². The van der Waals surface area contributed by atoms with Gasteiger partial charge in [0.05, 0.1) is 21.3 Å². The number of carbonyl (C=O) groups is 1. The van der Waals surface area contributed by atoms with Crippen molar-refractivity contribution in [2.24, 2.45) is 11.8 Å². The molecule has 2 fully saturated rings. The van der Waals surface area contributed by atoms with Gasteiger partial charge in [-0.1, -0.05) is 0 Å². The van der Waals surface area contributed by atoms with E-state index in [0.29, 0.717) is 36.9 Å². The van der Waals surface area contributed by atoms with Crippen LogP contribution in [-0.2, 0) is 12.8 Å². The second kappa shape index (κ2) is 9.45. The molecule has 0 radical (unpaired) electrons. The van der Waals surface area contributed by atoms with Gasteiger partial charge in [-0.3, -0.25) is 4.79 Å². The van der Waals surface area contributed by atoms with Crippen LogP contribution in [0.1, 0.15) is 46.9 Å². The number of nitrogens with zero attached hydrogens (tertiary/aromatic N) is 4. The van der Waals surface area contributed by atoms with Gasteiger partial charge in [0.25, 0.3) is 5.91 Å². The summed E-state index contributed by atoms with van der Waals surface area (Å²) in [7, 11) is 0. The van der Waals surface area contributed by atoms with E-state index in [1.807, 2.05) is 36.8 Å². The number of amides is 1. The summed E-state index contributed by atoms with van der Waals surface area (Å²) in [6, 6.07) is 5.80. The van der Waals surface area contributed by atoms with E-state index in [9.17, 15) is 9.90 Å². The van der Waals surface area contributed by atoms with Gasteiger partial charge in [-0.2, -0.15) is 0 Å². The summed E-state index contributed by atoms with van der Waals surface area (Å²) in [6.45, 7) is 1.06. The molecule has 3 heterocycles. The molecule has 1 aliphatic heterocycles. The molecule has 2 aliphatic rings. The van der Waals surface area contributed by atoms with E-state index in [-0.39, 0.29) is 5.91 Å². The molecule has 1 saturated carbocycles. The van der Waals surface area contributed by atoms with Gasteiger partial charge < -0.3 is 10.0 Å². The Kier molecular flexibility index (Phi) is 6.44. The van der Waals surface area contributed by atoms with E-state index in [0.717, 1.165) is 38.8 Å². The van der Waals surface area contributed by atoms with Gasteiger partial charge in [0, 0.05) is 48.8 Å². The predicted octanol–water partition coefficient (Wildman–Crippen LogP) is 4.22. The molecule has 1 N–H and O–H groups in total. The molecule has 32 heavy (non-hydrogen) atoms. The zero-order valence-corrected chi connectivity index (χ0v) is 19.9. The Morgan fingerprint density at radius 3 is 2.69 bits per heavy atom. The maximum atomic E-state index is 12.7. The van der Waals surface area contributed by atoms with E-state index in [1.54, 1.807) is 28.0 Å². The van der Waals surface area contributed by atoms with Gasteiger partial charge >= 0.3 is 0 Å². The smallest absolute Gasteiger partial charge is 0.253 e. The maximum absolute atomic E-state index is 12.7. The van der Waals surface area contributed by atoms with Crippen molar-refractivity contribution in [1.82, 2.24) is 19.9 Å². The van der Waals surface area contributed by atoms with Crippen LogP contribution in [0.15, 0.2) is 35.5 Å². The zero-order chi connectivity index (χ0) is 22.1. The van der Waals surface area contributed by atoms with Crippen LogP contribution in [0.3, 0.4) is 0 Å². The Bertz CT molecular complexity index is 1100. The Labute approximate surface area is 196 Å². The largest absolute Gasteiger partial charge is 0.391 e. The Morgan fingerprint density at radius 2 is 1.97 bits per heavy atom. The van der Waals surface area contributed by atoms with Crippen LogP contribution in [0, 0.1) is 11.8 Å². The molecule has 1 saturated heterocycles. The van der Waals surface area contributed by atoms with Crippen molar-refractivity contribution in [3.05, 3.63) is 47.0 Å². The summed E-state index contributed by atoms with van der Waals surface area (Å²) < 4.78 is 1.07. The SMILES string of the molecule is CSc1cnc(C[C@H]2CC[C@H](Cc3nc4ccc(C(=O)N5CC[C@@H](O)C5)cc4s3)C2)nc1. The minimum Gasteiger partial charge on any atom is -0.391 e. The number of β-amino-alcohol motifs (C(OH)–C–C–N with tert-alkyl or cyclic N) is 1. The van der Waals surface area contributed by atoms with E-state index >= 15 is 0 Å². The Balaban J connectivity index is 1.20. The molecule has 1 aliphatic carbocycles. The lowest BCUT2D eigenvalue weighted by molar-refractivity contribution is 0.0765. The fourth-order valence-electron chi connectivity index (χ4n) is 4.91. The monoisotopic (exact) mass is 468 g/mol. The first-order valence-corrected chi connectivity index (χ1v) is 13.3. The summed E-state index contributed by atoms with van der Waals surface area (Å²) in [4.78, 5) is 29.5. The lowest BCUT2D eigenvalue weighted by Gasteiger charge is -2.15. The molecule has 1 amide bonds. The normalized spacial score (nSPS) is 23.3. The molecular formula is C24H28N4O2S2. The van der Waals surface area contributed by atoms with Crippen molar-refractivity contribution in [2.45, 2.75) is 49.5 Å². The number of fused-ring (bicyclic) bond motifs is 1. The Morgan fingerprint density at radius 1 is 1.19 bits per heavy atom. The molecule has 6 nitrogen and oxygen atoms in total. The number of thiazole rings is 1. The number of benzene rings is 1. The van der Waals surface area contributed by atoms with Crippen molar-refractivity contribution >= 4 is 39.2 Å². The summed E-state index contributed by atoms with van der Waals surface area (Å²) in [5.74, 6) is 2.26. The average molecular weight is 469 g/mol. The van der Waals surface area contributed by atoms with Crippen LogP contribution in [0.5, 0.6) is 0 Å². The lowest BCUT2D eigenvalue weighted by Crippen LogP contribution is -2.29. The highest BCUT2D eigenvalue weighted by molar-refractivity contribution is 7.98. The molecule has 8 heteroatoms. The van der Waals surface area contributed by atoms with Crippen LogP contribution in [-0.4, -0.2) is 56.3 Å². The third-order valence-corrected chi connectivity index (χ3v) is 8.35. The minimum absolute atomic E-state index is 0.00446. The van der Waals surface area contributed by atoms with E-state index in [1.165, 1.54) is 19.3 Å². The highest BCUT2D eigenvalue weighted by Crippen LogP contribution is 2.36. The number of hydrogen-bond donors (Lipinski definition) is 1. The van der Waals surface area contributed by atoms with E-state index in [2.05, 4.69) is 9.97 Å². The molecule has 3 atom stereocenters. The highest BCUT2D eigenvalue weighted by atomic mass is 32.2. The van der Waals surface area contributed by atoms with Gasteiger partial charge in [-0.15, -0.1) is 23.1 Å². The average Bonchev–Trinajstić information content (AvgIpc) is 3.53. The third-order valence-electron chi connectivity index (χ3n) is 6.63. The number of rotatable bonds is 6. The lowest BCUT2D eigenvalue weighted by atomic mass is 9.99. The second-order valence-corrected chi connectivity index (χ2v) is 11.0. The molecule has 0 bridgehead atoms. The van der Waals surface area contributed by atoms with Gasteiger partial charge in [-0.25, -0.2) is 15.0 Å². The van der Waals surface area contributed by atoms with Gasteiger partial charge in [0.15, 0.2) is 0 Å². The topological polar surface area (TPSA) is 79.2 Å². The third kappa shape index (κ3) is 4.82. The van der Waals surface area contributed by atoms with Crippen molar-refractivity contribution in [2.75, 3.05) is 19.3 Å².